The van der Waals surface area contributed by atoms with Crippen molar-refractivity contribution in [2.45, 2.75) is 64.6 Å². The van der Waals surface area contributed by atoms with Crippen LogP contribution in [0.1, 0.15) is 63.4 Å². The summed E-state index contributed by atoms with van der Waals surface area (Å²) in [4.78, 5) is 5.32. The van der Waals surface area contributed by atoms with E-state index in [2.05, 4.69) is 45.2 Å². The topological polar surface area (TPSA) is 68.5 Å². The Balaban J connectivity index is 1.31. The van der Waals surface area contributed by atoms with Crippen LogP contribution >= 0.6 is 0 Å². The van der Waals surface area contributed by atoms with Gasteiger partial charge in [0, 0.05) is 32.2 Å². The Morgan fingerprint density at radius 3 is 2.58 bits per heavy atom. The Hall–Kier alpha value is -2.19. The van der Waals surface area contributed by atoms with Crippen molar-refractivity contribution in [3.05, 3.63) is 29.6 Å². The van der Waals surface area contributed by atoms with Crippen LogP contribution in [0.2, 0.25) is 0 Å². The summed E-state index contributed by atoms with van der Waals surface area (Å²) in [6.45, 7) is 9.98. The first-order valence-corrected chi connectivity index (χ1v) is 11.8. The second kappa shape index (κ2) is 9.12. The van der Waals surface area contributed by atoms with Crippen LogP contribution in [-0.2, 0) is 6.54 Å². The Bertz CT molecular complexity index is 871. The second-order valence-corrected chi connectivity index (χ2v) is 9.54. The Morgan fingerprint density at radius 2 is 1.81 bits per heavy atom. The third kappa shape index (κ3) is 4.55. The van der Waals surface area contributed by atoms with Crippen molar-refractivity contribution >= 4 is 0 Å². The molecule has 5 rings (SSSR count). The first-order valence-electron chi connectivity index (χ1n) is 11.8. The number of hydrogen-bond donors (Lipinski definition) is 0. The fourth-order valence-corrected chi connectivity index (χ4v) is 5.32. The van der Waals surface area contributed by atoms with E-state index in [1.165, 1.54) is 25.7 Å². The second-order valence-electron chi connectivity index (χ2n) is 9.54. The molecule has 2 aliphatic heterocycles. The normalized spacial score (nSPS) is 21.3. The van der Waals surface area contributed by atoms with Crippen LogP contribution in [0.15, 0.2) is 18.2 Å². The minimum atomic E-state index is 0.245. The lowest BCUT2D eigenvalue weighted by atomic mass is 10.0. The van der Waals surface area contributed by atoms with Gasteiger partial charge in [0.2, 0.25) is 6.79 Å². The quantitative estimate of drug-likeness (QED) is 0.674. The summed E-state index contributed by atoms with van der Waals surface area (Å²) < 4.78 is 12.9. The van der Waals surface area contributed by atoms with Crippen molar-refractivity contribution in [2.75, 3.05) is 33.0 Å². The number of benzene rings is 1. The van der Waals surface area contributed by atoms with E-state index in [4.69, 9.17) is 9.47 Å². The van der Waals surface area contributed by atoms with E-state index >= 15 is 0 Å². The minimum absolute atomic E-state index is 0.245. The molecule has 1 saturated carbocycles. The lowest BCUT2D eigenvalue weighted by Gasteiger charge is -2.41. The lowest BCUT2D eigenvalue weighted by molar-refractivity contribution is 0.0588. The summed E-state index contributed by atoms with van der Waals surface area (Å²) >= 11 is 0. The molecule has 2 aromatic rings. The van der Waals surface area contributed by atoms with Crippen molar-refractivity contribution in [1.29, 1.82) is 0 Å². The van der Waals surface area contributed by atoms with Crippen molar-refractivity contribution < 1.29 is 9.47 Å². The van der Waals surface area contributed by atoms with Gasteiger partial charge >= 0.3 is 0 Å². The van der Waals surface area contributed by atoms with Crippen LogP contribution in [0.3, 0.4) is 0 Å². The molecule has 3 heterocycles. The molecule has 0 radical (unpaired) electrons. The zero-order valence-electron chi connectivity index (χ0n) is 18.7. The van der Waals surface area contributed by atoms with Gasteiger partial charge in [-0.3, -0.25) is 9.80 Å². The van der Waals surface area contributed by atoms with Gasteiger partial charge in [-0.05, 0) is 53.3 Å². The Labute approximate surface area is 184 Å². The van der Waals surface area contributed by atoms with Crippen LogP contribution in [0, 0.1) is 5.92 Å². The number of hydrogen-bond acceptors (Lipinski definition) is 7. The average Bonchev–Trinajstić information content (AvgIpc) is 3.53. The summed E-state index contributed by atoms with van der Waals surface area (Å²) in [7, 11) is 0. The first-order chi connectivity index (χ1) is 15.2. The van der Waals surface area contributed by atoms with Gasteiger partial charge in [-0.2, -0.15) is 0 Å². The van der Waals surface area contributed by atoms with E-state index < -0.39 is 0 Å². The van der Waals surface area contributed by atoms with Gasteiger partial charge in [0.05, 0.1) is 12.6 Å². The summed E-state index contributed by atoms with van der Waals surface area (Å²) in [5.74, 6) is 3.15. The van der Waals surface area contributed by atoms with E-state index in [1.54, 1.807) is 0 Å². The molecule has 0 N–H and O–H groups in total. The highest BCUT2D eigenvalue weighted by Crippen LogP contribution is 2.33. The zero-order valence-corrected chi connectivity index (χ0v) is 18.7. The van der Waals surface area contributed by atoms with Crippen LogP contribution in [0.4, 0.5) is 0 Å². The Morgan fingerprint density at radius 1 is 1.03 bits per heavy atom. The lowest BCUT2D eigenvalue weighted by Crippen LogP contribution is -2.51. The van der Waals surface area contributed by atoms with Crippen molar-refractivity contribution in [3.63, 3.8) is 0 Å². The van der Waals surface area contributed by atoms with Crippen LogP contribution in [-0.4, -0.2) is 69.0 Å². The Kier molecular flexibility index (Phi) is 6.09. The molecule has 8 heteroatoms. The summed E-state index contributed by atoms with van der Waals surface area (Å²) in [5.41, 5.74) is 1.12. The van der Waals surface area contributed by atoms with Gasteiger partial charge in [0.15, 0.2) is 17.3 Å². The number of tetrazole rings is 1. The monoisotopic (exact) mass is 426 g/mol. The van der Waals surface area contributed by atoms with E-state index in [0.29, 0.717) is 12.5 Å². The zero-order chi connectivity index (χ0) is 21.2. The SMILES string of the molecule is CC(C)C[C@@H](c1nnnn1Cc1ccc2c(c1)OCO2)N1CCN(C2CCCC2)CC1. The van der Waals surface area contributed by atoms with Crippen molar-refractivity contribution in [2.24, 2.45) is 5.92 Å². The molecule has 1 aromatic heterocycles. The highest BCUT2D eigenvalue weighted by Gasteiger charge is 2.32. The molecule has 3 aliphatic rings. The number of fused-ring (bicyclic) bond motifs is 1. The van der Waals surface area contributed by atoms with Crippen molar-refractivity contribution in [1.82, 2.24) is 30.0 Å². The number of ether oxygens (including phenoxy) is 2. The molecular formula is C23H34N6O2. The number of nitrogens with zero attached hydrogens (tertiary/aromatic N) is 6. The van der Waals surface area contributed by atoms with Gasteiger partial charge < -0.3 is 9.47 Å². The van der Waals surface area contributed by atoms with Crippen LogP contribution in [0.25, 0.3) is 0 Å². The summed E-state index contributed by atoms with van der Waals surface area (Å²) in [6, 6.07) is 7.12. The molecule has 31 heavy (non-hydrogen) atoms. The van der Waals surface area contributed by atoms with Gasteiger partial charge in [-0.25, -0.2) is 4.68 Å². The fourth-order valence-electron chi connectivity index (χ4n) is 5.32. The predicted octanol–water partition coefficient (Wildman–Crippen LogP) is 3.10. The highest BCUT2D eigenvalue weighted by atomic mass is 16.7. The number of piperazine rings is 1. The molecule has 168 valence electrons. The predicted molar refractivity (Wildman–Crippen MR) is 117 cm³/mol. The largest absolute Gasteiger partial charge is 0.454 e. The van der Waals surface area contributed by atoms with E-state index in [0.717, 1.165) is 61.5 Å². The maximum atomic E-state index is 5.54. The van der Waals surface area contributed by atoms with Gasteiger partial charge in [0.1, 0.15) is 0 Å². The third-order valence-corrected chi connectivity index (χ3v) is 6.95. The number of rotatable bonds is 7. The molecule has 8 nitrogen and oxygen atoms in total. The molecular weight excluding hydrogens is 392 g/mol. The number of aromatic nitrogens is 4. The molecule has 0 unspecified atom stereocenters. The minimum Gasteiger partial charge on any atom is -0.454 e. The molecule has 0 bridgehead atoms. The molecule has 0 spiro atoms. The smallest absolute Gasteiger partial charge is 0.231 e. The fraction of sp³-hybridized carbons (Fsp3) is 0.696. The van der Waals surface area contributed by atoms with E-state index in [1.807, 2.05) is 16.8 Å². The van der Waals surface area contributed by atoms with E-state index in [-0.39, 0.29) is 12.8 Å². The molecule has 2 fully saturated rings. The van der Waals surface area contributed by atoms with E-state index in [9.17, 15) is 0 Å². The standard InChI is InChI=1S/C23H34N6O2/c1-17(2)13-20(28-11-9-27(10-12-28)19-5-3-4-6-19)23-24-25-26-29(23)15-18-7-8-21-22(14-18)31-16-30-21/h7-8,14,17,19-20H,3-6,9-13,15-16H2,1-2H3/t20-/m0/s1. The molecule has 1 aliphatic carbocycles. The first kappa shape index (κ1) is 20.7. The van der Waals surface area contributed by atoms with Crippen LogP contribution < -0.4 is 9.47 Å². The van der Waals surface area contributed by atoms with Gasteiger partial charge in [0.25, 0.3) is 0 Å². The van der Waals surface area contributed by atoms with Crippen LogP contribution in [0.5, 0.6) is 11.5 Å². The molecule has 0 amide bonds. The van der Waals surface area contributed by atoms with Gasteiger partial charge in [-0.15, -0.1) is 5.10 Å². The molecule has 1 atom stereocenters. The molecule has 1 aromatic carbocycles. The maximum Gasteiger partial charge on any atom is 0.231 e. The van der Waals surface area contributed by atoms with Gasteiger partial charge in [-0.1, -0.05) is 32.8 Å². The van der Waals surface area contributed by atoms with Crippen molar-refractivity contribution in [3.8, 4) is 11.5 Å². The third-order valence-electron chi connectivity index (χ3n) is 6.95. The maximum absolute atomic E-state index is 5.54. The summed E-state index contributed by atoms with van der Waals surface area (Å²) in [6.07, 6.45) is 6.61. The molecule has 1 saturated heterocycles. The average molecular weight is 427 g/mol. The highest BCUT2D eigenvalue weighted by molar-refractivity contribution is 5.44. The summed E-state index contributed by atoms with van der Waals surface area (Å²) in [5, 5.41) is 12.9.